The van der Waals surface area contributed by atoms with Gasteiger partial charge in [-0.25, -0.2) is 0 Å². The van der Waals surface area contributed by atoms with Crippen molar-refractivity contribution in [3.63, 3.8) is 0 Å². The van der Waals surface area contributed by atoms with Crippen LogP contribution in [0.25, 0.3) is 0 Å². The second-order valence-electron chi connectivity index (χ2n) is 14.1. The maximum atomic E-state index is 7.10. The maximum absolute atomic E-state index is 7.10. The molecule has 0 aliphatic carbocycles. The molecule has 2 nitrogen and oxygen atoms in total. The molecule has 0 spiro atoms. The van der Waals surface area contributed by atoms with Crippen molar-refractivity contribution in [1.82, 2.24) is 0 Å². The van der Waals surface area contributed by atoms with Gasteiger partial charge in [0.25, 0.3) is 0 Å². The molecule has 0 N–H and O–H groups in total. The molecule has 0 fully saturated rings. The first-order valence-corrected chi connectivity index (χ1v) is 14.6. The minimum Gasteiger partial charge on any atom is -0.435 e. The van der Waals surface area contributed by atoms with E-state index in [1.165, 1.54) is 22.3 Å². The van der Waals surface area contributed by atoms with Gasteiger partial charge < -0.3 is 9.05 Å². The second kappa shape index (κ2) is 10.5. The molecule has 0 unspecified atom stereocenters. The van der Waals surface area contributed by atoms with E-state index in [-0.39, 0.29) is 21.7 Å². The van der Waals surface area contributed by atoms with Crippen LogP contribution in [0.5, 0.6) is 11.5 Å². The summed E-state index contributed by atoms with van der Waals surface area (Å²) < 4.78 is 14.2. The Bertz CT molecular complexity index is 1060. The van der Waals surface area contributed by atoms with Crippen molar-refractivity contribution in [2.45, 2.75) is 105 Å². The lowest BCUT2D eigenvalue weighted by Gasteiger charge is -2.33. The molecule has 0 aliphatic rings. The van der Waals surface area contributed by atoms with Crippen molar-refractivity contribution in [1.29, 1.82) is 0 Å². The Hall–Kier alpha value is -2.31. The van der Waals surface area contributed by atoms with Gasteiger partial charge in [-0.05, 0) is 33.8 Å². The van der Waals surface area contributed by atoms with E-state index in [9.17, 15) is 0 Å². The van der Waals surface area contributed by atoms with Crippen molar-refractivity contribution >= 4 is 13.7 Å². The van der Waals surface area contributed by atoms with Crippen LogP contribution in [0.2, 0.25) is 0 Å². The minimum absolute atomic E-state index is 0.0752. The Morgan fingerprint density at radius 1 is 0.405 bits per heavy atom. The highest BCUT2D eigenvalue weighted by Crippen LogP contribution is 2.50. The molecule has 37 heavy (non-hydrogen) atoms. The lowest BCUT2D eigenvalue weighted by molar-refractivity contribution is 0.444. The number of rotatable bonds is 5. The summed E-state index contributed by atoms with van der Waals surface area (Å²) in [5.41, 5.74) is 4.50. The first-order valence-electron chi connectivity index (χ1n) is 13.4. The summed E-state index contributed by atoms with van der Waals surface area (Å²) in [6.07, 6.45) is 0. The minimum atomic E-state index is -1.46. The second-order valence-corrected chi connectivity index (χ2v) is 15.5. The molecule has 3 rings (SSSR count). The van der Waals surface area contributed by atoms with E-state index in [0.717, 1.165) is 16.8 Å². The van der Waals surface area contributed by atoms with E-state index >= 15 is 0 Å². The van der Waals surface area contributed by atoms with Crippen molar-refractivity contribution in [3.8, 4) is 11.5 Å². The molecule has 0 radical (unpaired) electrons. The third-order valence-electron chi connectivity index (χ3n) is 6.58. The van der Waals surface area contributed by atoms with E-state index in [0.29, 0.717) is 0 Å². The normalized spacial score (nSPS) is 13.1. The number of hydrogen-bond acceptors (Lipinski definition) is 2. The maximum Gasteiger partial charge on any atom is 0.326 e. The summed E-state index contributed by atoms with van der Waals surface area (Å²) in [5, 5.41) is 1.06. The first kappa shape index (κ1) is 29.2. The van der Waals surface area contributed by atoms with E-state index in [1.807, 2.05) is 6.07 Å². The summed E-state index contributed by atoms with van der Waals surface area (Å²) in [6.45, 7) is 27.0. The molecule has 0 atom stereocenters. The number of benzene rings is 3. The smallest absolute Gasteiger partial charge is 0.326 e. The zero-order valence-corrected chi connectivity index (χ0v) is 26.0. The van der Waals surface area contributed by atoms with Gasteiger partial charge >= 0.3 is 8.38 Å². The van der Waals surface area contributed by atoms with Crippen LogP contribution in [0.3, 0.4) is 0 Å². The monoisotopic (exact) mass is 518 g/mol. The Kier molecular flexibility index (Phi) is 8.26. The van der Waals surface area contributed by atoms with Gasteiger partial charge in [0.05, 0.1) is 5.30 Å². The Labute approximate surface area is 227 Å². The Morgan fingerprint density at radius 2 is 0.703 bits per heavy atom. The first-order chi connectivity index (χ1) is 16.9. The molecule has 0 aromatic heterocycles. The van der Waals surface area contributed by atoms with Gasteiger partial charge in [-0.2, -0.15) is 0 Å². The summed E-state index contributed by atoms with van der Waals surface area (Å²) in [6, 6.07) is 23.6. The van der Waals surface area contributed by atoms with Crippen LogP contribution in [0.15, 0.2) is 66.7 Å². The quantitative estimate of drug-likeness (QED) is 0.313. The fourth-order valence-corrected chi connectivity index (χ4v) is 5.86. The molecule has 0 bridgehead atoms. The molecular weight excluding hydrogens is 471 g/mol. The van der Waals surface area contributed by atoms with Crippen LogP contribution in [0.4, 0.5) is 0 Å². The third-order valence-corrected chi connectivity index (χ3v) is 7.99. The average Bonchev–Trinajstić information content (AvgIpc) is 2.76. The molecule has 0 saturated carbocycles. The largest absolute Gasteiger partial charge is 0.435 e. The van der Waals surface area contributed by atoms with Gasteiger partial charge in [0.1, 0.15) is 11.5 Å². The highest BCUT2D eigenvalue weighted by Gasteiger charge is 2.33. The van der Waals surface area contributed by atoms with Gasteiger partial charge in [-0.3, -0.25) is 0 Å². The summed E-state index contributed by atoms with van der Waals surface area (Å²) >= 11 is 0. The van der Waals surface area contributed by atoms with E-state index in [4.69, 9.17) is 9.05 Å². The molecule has 3 heteroatoms. The highest BCUT2D eigenvalue weighted by atomic mass is 31.2. The molecule has 3 aromatic rings. The molecular formula is C34H47O2P. The Morgan fingerprint density at radius 3 is 0.973 bits per heavy atom. The standard InChI is InChI=1S/C34H47O2P/c1-31(2,3)25-20-16-21-26(32(4,5)6)29(25)35-37(24-18-14-13-15-19-24)36-30-27(33(7,8)9)22-17-23-28(30)34(10,11)12/h13-23H,1-12H3. The van der Waals surface area contributed by atoms with Crippen LogP contribution in [-0.4, -0.2) is 0 Å². The van der Waals surface area contributed by atoms with Crippen LogP contribution < -0.4 is 14.4 Å². The SMILES string of the molecule is CC(C)(C)c1cccc(C(C)(C)C)c1OP(Oc1c(C(C)(C)C)cccc1C(C)(C)C)c1ccccc1. The van der Waals surface area contributed by atoms with Crippen LogP contribution in [0, 0.1) is 0 Å². The highest BCUT2D eigenvalue weighted by molar-refractivity contribution is 7.56. The average molecular weight is 519 g/mol. The zero-order chi connectivity index (χ0) is 27.8. The van der Waals surface area contributed by atoms with Crippen molar-refractivity contribution in [2.75, 3.05) is 0 Å². The molecule has 200 valence electrons. The van der Waals surface area contributed by atoms with Crippen LogP contribution in [-0.2, 0) is 21.7 Å². The molecule has 0 amide bonds. The van der Waals surface area contributed by atoms with Crippen molar-refractivity contribution in [3.05, 3.63) is 89.0 Å². The molecule has 3 aromatic carbocycles. The molecule has 0 aliphatic heterocycles. The van der Waals surface area contributed by atoms with Crippen molar-refractivity contribution in [2.24, 2.45) is 0 Å². The molecule has 0 heterocycles. The van der Waals surface area contributed by atoms with Crippen molar-refractivity contribution < 1.29 is 9.05 Å². The lowest BCUT2D eigenvalue weighted by atomic mass is 9.79. The van der Waals surface area contributed by atoms with Gasteiger partial charge in [-0.1, -0.05) is 138 Å². The predicted octanol–water partition coefficient (Wildman–Crippen LogP) is 9.97. The van der Waals surface area contributed by atoms with Gasteiger partial charge in [-0.15, -0.1) is 0 Å². The molecule has 0 saturated heterocycles. The van der Waals surface area contributed by atoms with Crippen LogP contribution in [0.1, 0.15) is 105 Å². The fourth-order valence-electron chi connectivity index (χ4n) is 4.47. The van der Waals surface area contributed by atoms with Crippen LogP contribution >= 0.6 is 8.38 Å². The topological polar surface area (TPSA) is 18.5 Å². The van der Waals surface area contributed by atoms with E-state index in [1.54, 1.807) is 0 Å². The summed E-state index contributed by atoms with van der Waals surface area (Å²) in [4.78, 5) is 0. The third kappa shape index (κ3) is 6.97. The van der Waals surface area contributed by atoms with E-state index in [2.05, 4.69) is 144 Å². The summed E-state index contributed by atoms with van der Waals surface area (Å²) in [7, 11) is -1.46. The lowest BCUT2D eigenvalue weighted by Crippen LogP contribution is -2.22. The summed E-state index contributed by atoms with van der Waals surface area (Å²) in [5.74, 6) is 1.89. The zero-order valence-electron chi connectivity index (χ0n) is 25.1. The Balaban J connectivity index is 2.27. The van der Waals surface area contributed by atoms with E-state index < -0.39 is 8.38 Å². The van der Waals surface area contributed by atoms with Gasteiger partial charge in [0.15, 0.2) is 0 Å². The van der Waals surface area contributed by atoms with Gasteiger partial charge in [0.2, 0.25) is 0 Å². The number of para-hydroxylation sites is 2. The fraction of sp³-hybridized carbons (Fsp3) is 0.471. The number of hydrogen-bond donors (Lipinski definition) is 0. The predicted molar refractivity (Wildman–Crippen MR) is 162 cm³/mol. The van der Waals surface area contributed by atoms with Gasteiger partial charge in [0, 0.05) is 22.3 Å².